The highest BCUT2D eigenvalue weighted by Gasteiger charge is 2.15. The maximum Gasteiger partial charge on any atom is 0.338 e. The van der Waals surface area contributed by atoms with Gasteiger partial charge < -0.3 is 9.72 Å². The Morgan fingerprint density at radius 3 is 2.40 bits per heavy atom. The second-order valence-electron chi connectivity index (χ2n) is 7.11. The van der Waals surface area contributed by atoms with Crippen molar-refractivity contribution >= 4 is 16.9 Å². The normalized spacial score (nSPS) is 11.5. The average molecular weight is 335 g/mol. The molecule has 4 heteroatoms. The first-order valence-corrected chi connectivity index (χ1v) is 8.23. The third-order valence-electron chi connectivity index (χ3n) is 4.18. The number of pyridine rings is 1. The lowest BCUT2D eigenvalue weighted by molar-refractivity contribution is 0.0471. The molecule has 25 heavy (non-hydrogen) atoms. The largest absolute Gasteiger partial charge is 0.457 e. The van der Waals surface area contributed by atoms with Crippen molar-refractivity contribution in [2.75, 3.05) is 0 Å². The Bertz CT molecular complexity index is 963. The van der Waals surface area contributed by atoms with Crippen LogP contribution >= 0.6 is 0 Å². The van der Waals surface area contributed by atoms with E-state index in [0.717, 1.165) is 16.5 Å². The Balaban J connectivity index is 1.74. The molecule has 0 saturated carbocycles. The fraction of sp³-hybridized carbons (Fsp3) is 0.238. The van der Waals surface area contributed by atoms with Crippen LogP contribution in [0.15, 0.2) is 59.4 Å². The van der Waals surface area contributed by atoms with Crippen molar-refractivity contribution in [3.8, 4) is 0 Å². The van der Waals surface area contributed by atoms with Gasteiger partial charge in [-0.2, -0.15) is 0 Å². The fourth-order valence-electron chi connectivity index (χ4n) is 2.63. The van der Waals surface area contributed by atoms with E-state index in [1.54, 1.807) is 18.2 Å². The average Bonchev–Trinajstić information content (AvgIpc) is 2.59. The second-order valence-corrected chi connectivity index (χ2v) is 7.11. The summed E-state index contributed by atoms with van der Waals surface area (Å²) in [5.74, 6) is -0.437. The third kappa shape index (κ3) is 3.79. The molecular weight excluding hydrogens is 314 g/mol. The zero-order chi connectivity index (χ0) is 18.0. The fourth-order valence-corrected chi connectivity index (χ4v) is 2.63. The lowest BCUT2D eigenvalue weighted by Crippen LogP contribution is -2.16. The highest BCUT2D eigenvalue weighted by molar-refractivity contribution is 5.89. The maximum atomic E-state index is 12.2. The number of para-hydroxylation sites is 1. The summed E-state index contributed by atoms with van der Waals surface area (Å²) in [6.07, 6.45) is 0. The zero-order valence-electron chi connectivity index (χ0n) is 14.6. The van der Waals surface area contributed by atoms with Gasteiger partial charge in [0.05, 0.1) is 11.1 Å². The van der Waals surface area contributed by atoms with Crippen LogP contribution in [0.3, 0.4) is 0 Å². The summed E-state index contributed by atoms with van der Waals surface area (Å²) in [4.78, 5) is 27.1. The SMILES string of the molecule is CC(C)(C)c1ccc(C(=O)OCc2cc3ccccc3[nH]c2=O)cc1. The van der Waals surface area contributed by atoms with Gasteiger partial charge in [0.15, 0.2) is 0 Å². The van der Waals surface area contributed by atoms with Crippen molar-refractivity contribution in [1.82, 2.24) is 4.98 Å². The van der Waals surface area contributed by atoms with Crippen LogP contribution in [-0.2, 0) is 16.8 Å². The standard InChI is InChI=1S/C21H21NO3/c1-21(2,3)17-10-8-14(9-11-17)20(24)25-13-16-12-15-6-4-5-7-18(15)22-19(16)23/h4-12H,13H2,1-3H3,(H,22,23). The van der Waals surface area contributed by atoms with Crippen molar-refractivity contribution < 1.29 is 9.53 Å². The predicted octanol–water partition coefficient (Wildman–Crippen LogP) is 4.18. The van der Waals surface area contributed by atoms with Gasteiger partial charge in [-0.05, 0) is 40.6 Å². The minimum absolute atomic E-state index is 0.0286. The number of aromatic amines is 1. The smallest absolute Gasteiger partial charge is 0.338 e. The molecule has 0 amide bonds. The molecule has 0 aliphatic heterocycles. The van der Waals surface area contributed by atoms with E-state index in [-0.39, 0.29) is 17.6 Å². The number of esters is 1. The third-order valence-corrected chi connectivity index (χ3v) is 4.18. The van der Waals surface area contributed by atoms with Gasteiger partial charge in [0.2, 0.25) is 0 Å². The quantitative estimate of drug-likeness (QED) is 0.730. The Morgan fingerprint density at radius 2 is 1.72 bits per heavy atom. The first kappa shape index (κ1) is 17.0. The Labute approximate surface area is 146 Å². The minimum Gasteiger partial charge on any atom is -0.457 e. The van der Waals surface area contributed by atoms with Gasteiger partial charge in [0.25, 0.3) is 5.56 Å². The number of H-pyrrole nitrogens is 1. The number of aromatic nitrogens is 1. The van der Waals surface area contributed by atoms with Crippen molar-refractivity contribution in [3.63, 3.8) is 0 Å². The summed E-state index contributed by atoms with van der Waals surface area (Å²) in [5.41, 5.74) is 2.61. The monoisotopic (exact) mass is 335 g/mol. The molecule has 1 heterocycles. The number of hydrogen-bond donors (Lipinski definition) is 1. The second kappa shape index (κ2) is 6.55. The number of carbonyl (C=O) groups is 1. The van der Waals surface area contributed by atoms with E-state index in [2.05, 4.69) is 25.8 Å². The van der Waals surface area contributed by atoms with Gasteiger partial charge >= 0.3 is 5.97 Å². The predicted molar refractivity (Wildman–Crippen MR) is 98.8 cm³/mol. The van der Waals surface area contributed by atoms with Crippen LogP contribution < -0.4 is 5.56 Å². The molecule has 0 spiro atoms. The Morgan fingerprint density at radius 1 is 1.04 bits per heavy atom. The number of hydrogen-bond acceptors (Lipinski definition) is 3. The number of carbonyl (C=O) groups excluding carboxylic acids is 1. The zero-order valence-corrected chi connectivity index (χ0v) is 14.6. The van der Waals surface area contributed by atoms with Gasteiger partial charge in [-0.1, -0.05) is 51.1 Å². The van der Waals surface area contributed by atoms with Crippen molar-refractivity contribution in [2.24, 2.45) is 0 Å². The van der Waals surface area contributed by atoms with Gasteiger partial charge in [0, 0.05) is 5.52 Å². The number of ether oxygens (including phenoxy) is 1. The van der Waals surface area contributed by atoms with Gasteiger partial charge in [-0.3, -0.25) is 4.79 Å². The molecule has 3 aromatic rings. The summed E-state index contributed by atoms with van der Waals surface area (Å²) in [7, 11) is 0. The lowest BCUT2D eigenvalue weighted by Gasteiger charge is -2.18. The molecule has 0 aliphatic carbocycles. The molecule has 0 radical (unpaired) electrons. The molecule has 0 saturated heterocycles. The molecule has 2 aromatic carbocycles. The molecular formula is C21H21NO3. The van der Waals surface area contributed by atoms with Gasteiger partial charge in [-0.15, -0.1) is 0 Å². The van der Waals surface area contributed by atoms with Crippen molar-refractivity contribution in [3.05, 3.63) is 81.6 Å². The van der Waals surface area contributed by atoms with E-state index >= 15 is 0 Å². The van der Waals surface area contributed by atoms with E-state index in [1.807, 2.05) is 36.4 Å². The van der Waals surface area contributed by atoms with E-state index in [0.29, 0.717) is 11.1 Å². The number of benzene rings is 2. The van der Waals surface area contributed by atoms with Gasteiger partial charge in [-0.25, -0.2) is 4.79 Å². The number of rotatable bonds is 3. The Kier molecular flexibility index (Phi) is 4.45. The molecule has 4 nitrogen and oxygen atoms in total. The number of nitrogens with one attached hydrogen (secondary N) is 1. The highest BCUT2D eigenvalue weighted by Crippen LogP contribution is 2.22. The first-order chi connectivity index (χ1) is 11.8. The molecule has 128 valence electrons. The van der Waals surface area contributed by atoms with Crippen LogP contribution in [0.2, 0.25) is 0 Å². The summed E-state index contributed by atoms with van der Waals surface area (Å²) < 4.78 is 5.31. The lowest BCUT2D eigenvalue weighted by atomic mass is 9.87. The van der Waals surface area contributed by atoms with Crippen LogP contribution in [0.1, 0.15) is 42.3 Å². The van der Waals surface area contributed by atoms with Crippen LogP contribution in [0.25, 0.3) is 10.9 Å². The van der Waals surface area contributed by atoms with E-state index in [9.17, 15) is 9.59 Å². The van der Waals surface area contributed by atoms with E-state index in [1.165, 1.54) is 0 Å². The van der Waals surface area contributed by atoms with E-state index < -0.39 is 5.97 Å². The molecule has 3 rings (SSSR count). The Hall–Kier alpha value is -2.88. The maximum absolute atomic E-state index is 12.2. The molecule has 0 fully saturated rings. The summed E-state index contributed by atoms with van der Waals surface area (Å²) >= 11 is 0. The minimum atomic E-state index is -0.437. The highest BCUT2D eigenvalue weighted by atomic mass is 16.5. The summed E-state index contributed by atoms with van der Waals surface area (Å²) in [6.45, 7) is 6.30. The molecule has 0 bridgehead atoms. The van der Waals surface area contributed by atoms with Crippen LogP contribution in [-0.4, -0.2) is 11.0 Å². The molecule has 0 unspecified atom stereocenters. The van der Waals surface area contributed by atoms with Crippen LogP contribution in [0.4, 0.5) is 0 Å². The molecule has 0 atom stereocenters. The first-order valence-electron chi connectivity index (χ1n) is 8.23. The number of fused-ring (bicyclic) bond motifs is 1. The summed E-state index contributed by atoms with van der Waals surface area (Å²) in [6, 6.07) is 16.6. The van der Waals surface area contributed by atoms with Crippen LogP contribution in [0, 0.1) is 0 Å². The van der Waals surface area contributed by atoms with Crippen LogP contribution in [0.5, 0.6) is 0 Å². The van der Waals surface area contributed by atoms with Crippen molar-refractivity contribution in [1.29, 1.82) is 0 Å². The van der Waals surface area contributed by atoms with Crippen molar-refractivity contribution in [2.45, 2.75) is 32.8 Å². The van der Waals surface area contributed by atoms with E-state index in [4.69, 9.17) is 4.74 Å². The molecule has 1 aromatic heterocycles. The van der Waals surface area contributed by atoms with Gasteiger partial charge in [0.1, 0.15) is 6.61 Å². The topological polar surface area (TPSA) is 59.2 Å². The summed E-state index contributed by atoms with van der Waals surface area (Å²) in [5, 5.41) is 0.905. The molecule has 0 aliphatic rings. The molecule has 1 N–H and O–H groups in total.